The van der Waals surface area contributed by atoms with Crippen LogP contribution in [0.15, 0.2) is 103 Å². The Balaban J connectivity index is 1.28. The maximum Gasteiger partial charge on any atom is 0.168 e. The van der Waals surface area contributed by atoms with Gasteiger partial charge in [-0.3, -0.25) is 4.98 Å². The second-order valence-corrected chi connectivity index (χ2v) is 26.5. The number of rotatable bonds is 32. The van der Waals surface area contributed by atoms with E-state index in [-0.39, 0.29) is 0 Å². The number of nitrogens with zero attached hydrogens (tertiary/aromatic N) is 8. The minimum absolute atomic E-state index is 0.341. The third kappa shape index (κ3) is 12.7. The number of pyridine rings is 1. The molecule has 4 aromatic heterocycles. The number of aromatic amines is 1. The highest BCUT2D eigenvalue weighted by Crippen LogP contribution is 2.57. The lowest BCUT2D eigenvalue weighted by atomic mass is 9.95. The average molecular weight is 1360 g/mol. The molecule has 12 aromatic rings. The highest BCUT2D eigenvalue weighted by atomic mass is 16.5. The van der Waals surface area contributed by atoms with Gasteiger partial charge in [0.25, 0.3) is 0 Å². The fourth-order valence-electron chi connectivity index (χ4n) is 13.8. The number of aryl methyl sites for hydroxylation is 1. The molecule has 2 aliphatic rings. The zero-order valence-corrected chi connectivity index (χ0v) is 60.1. The standard InChI is InChI=1S/C84H93N9O8/c1-10-18-41-94-69-53-35-28-29-36-54(53)70(95-42-19-11-2)61-60(69)77-86-78(61)88-80-64-65(75(100-47-24-16-7)59-50-52-34-27-26-33-51(52)49-58(59)74(64)99-46-23-15-6)82(90-80)92-84-67-66(73(98-45-22-14-5)57-39-32-40-85-68(57)76(67)101-48-25-17-8)83(93(84)9)91-81-63-62(79(87-77)89-81)71(96-43-20-12-3)55-37-30-31-38-56(55)72(63)97-44-21-13-4/h26-40,49-50H,10-25,41-48H2,1-9H3,(H,86,87,88,89,90,91,92). The Hall–Kier alpha value is -10.0. The lowest BCUT2D eigenvalue weighted by Gasteiger charge is -2.19. The van der Waals surface area contributed by atoms with Crippen molar-refractivity contribution < 1.29 is 37.9 Å². The van der Waals surface area contributed by atoms with E-state index in [0.717, 1.165) is 151 Å². The molecule has 0 atom stereocenters. The van der Waals surface area contributed by atoms with Crippen LogP contribution in [0.25, 0.3) is 144 Å². The van der Waals surface area contributed by atoms with E-state index < -0.39 is 0 Å². The van der Waals surface area contributed by atoms with Crippen LogP contribution in [0.5, 0.6) is 46.0 Å². The topological polar surface area (TPSA) is 185 Å². The van der Waals surface area contributed by atoms with Gasteiger partial charge in [0, 0.05) is 50.9 Å². The smallest absolute Gasteiger partial charge is 0.168 e. The summed E-state index contributed by atoms with van der Waals surface area (Å²) in [5.74, 6) is 6.28. The fraction of sp³-hybridized carbons (Fsp3) is 0.393. The number of hydrogen-bond donors (Lipinski definition) is 1. The van der Waals surface area contributed by atoms with Crippen molar-refractivity contribution in [3.8, 4) is 91.5 Å². The highest BCUT2D eigenvalue weighted by molar-refractivity contribution is 6.23. The van der Waals surface area contributed by atoms with Gasteiger partial charge < -0.3 is 47.4 Å². The fourth-order valence-corrected chi connectivity index (χ4v) is 13.8. The Bertz CT molecular complexity index is 5260. The van der Waals surface area contributed by atoms with Crippen LogP contribution in [0.4, 0.5) is 0 Å². The van der Waals surface area contributed by atoms with E-state index in [4.69, 9.17) is 72.8 Å². The molecule has 0 radical (unpaired) electrons. The molecule has 0 spiro atoms. The van der Waals surface area contributed by atoms with Gasteiger partial charge in [0.1, 0.15) is 68.4 Å². The largest absolute Gasteiger partial charge is 0.492 e. The summed E-state index contributed by atoms with van der Waals surface area (Å²) in [6.07, 6.45) is 15.5. The molecule has 2 aliphatic heterocycles. The summed E-state index contributed by atoms with van der Waals surface area (Å²) in [4.78, 5) is 44.4. The van der Waals surface area contributed by atoms with E-state index in [1.165, 1.54) is 0 Å². The number of ether oxygens (including phenoxy) is 8. The number of nitrogens with one attached hydrogen (secondary N) is 1. The third-order valence-electron chi connectivity index (χ3n) is 19.2. The molecular formula is C84H93N9O8. The molecule has 101 heavy (non-hydrogen) atoms. The van der Waals surface area contributed by atoms with Crippen molar-refractivity contribution >= 4 is 98.1 Å². The zero-order valence-electron chi connectivity index (χ0n) is 60.1. The number of unbranched alkanes of at least 4 members (excludes halogenated alkanes) is 8. The maximum absolute atomic E-state index is 7.32. The van der Waals surface area contributed by atoms with Gasteiger partial charge in [0.05, 0.1) is 96.7 Å². The van der Waals surface area contributed by atoms with Crippen LogP contribution in [-0.4, -0.2) is 97.3 Å². The van der Waals surface area contributed by atoms with Crippen molar-refractivity contribution in [2.75, 3.05) is 52.9 Å². The summed E-state index contributed by atoms with van der Waals surface area (Å²) in [5, 5.41) is 10.7. The molecule has 0 saturated heterocycles. The van der Waals surface area contributed by atoms with E-state index >= 15 is 0 Å². The summed E-state index contributed by atoms with van der Waals surface area (Å²) in [5.41, 5.74) is 5.03. The van der Waals surface area contributed by atoms with Gasteiger partial charge in [-0.15, -0.1) is 0 Å². The summed E-state index contributed by atoms with van der Waals surface area (Å²) >= 11 is 0. The summed E-state index contributed by atoms with van der Waals surface area (Å²) in [6.45, 7) is 20.8. The normalized spacial score (nSPS) is 12.0. The molecule has 0 unspecified atom stereocenters. The van der Waals surface area contributed by atoms with E-state index in [1.807, 2.05) is 36.0 Å². The predicted molar refractivity (Wildman–Crippen MR) is 409 cm³/mol. The maximum atomic E-state index is 7.32. The summed E-state index contributed by atoms with van der Waals surface area (Å²) < 4.78 is 59.8. The summed E-state index contributed by atoms with van der Waals surface area (Å²) in [6, 6.07) is 33.5. The Morgan fingerprint density at radius 3 is 0.980 bits per heavy atom. The highest BCUT2D eigenvalue weighted by Gasteiger charge is 2.37. The first kappa shape index (κ1) is 68.1. The van der Waals surface area contributed by atoms with Crippen molar-refractivity contribution in [3.63, 3.8) is 0 Å². The minimum Gasteiger partial charge on any atom is -0.492 e. The zero-order chi connectivity index (χ0) is 69.5. The Morgan fingerprint density at radius 2 is 0.604 bits per heavy atom. The van der Waals surface area contributed by atoms with Crippen molar-refractivity contribution in [1.29, 1.82) is 0 Å². The molecule has 6 heterocycles. The van der Waals surface area contributed by atoms with Crippen molar-refractivity contribution in [1.82, 2.24) is 44.4 Å². The molecule has 8 bridgehead atoms. The second-order valence-electron chi connectivity index (χ2n) is 26.5. The third-order valence-corrected chi connectivity index (χ3v) is 19.2. The molecule has 1 N–H and O–H groups in total. The molecule has 0 fully saturated rings. The predicted octanol–water partition coefficient (Wildman–Crippen LogP) is 21.5. The first-order valence-corrected chi connectivity index (χ1v) is 37.3. The Morgan fingerprint density at radius 1 is 0.307 bits per heavy atom. The first-order chi connectivity index (χ1) is 49.8. The average Bonchev–Trinajstić information content (AvgIpc) is 1.59. The van der Waals surface area contributed by atoms with Crippen LogP contribution in [0.2, 0.25) is 0 Å². The molecule has 8 aromatic carbocycles. The van der Waals surface area contributed by atoms with Crippen LogP contribution < -0.4 is 37.9 Å². The van der Waals surface area contributed by atoms with Crippen LogP contribution in [0, 0.1) is 0 Å². The Kier molecular flexibility index (Phi) is 20.8. The van der Waals surface area contributed by atoms with E-state index in [2.05, 4.69) is 139 Å². The molecule has 0 amide bonds. The van der Waals surface area contributed by atoms with Gasteiger partial charge >= 0.3 is 0 Å². The van der Waals surface area contributed by atoms with Gasteiger partial charge in [-0.05, 0) is 86.4 Å². The minimum atomic E-state index is 0.341. The molecular weight excluding hydrogens is 1260 g/mol. The van der Waals surface area contributed by atoms with Crippen LogP contribution in [0.3, 0.4) is 0 Å². The quantitative estimate of drug-likeness (QED) is 0.0310. The first-order valence-electron chi connectivity index (χ1n) is 37.3. The van der Waals surface area contributed by atoms with E-state index in [9.17, 15) is 0 Å². The SMILES string of the molecule is CCCCOc1c2c(c(OCCCC)c3ccccc13)-c1nc-2nc2[nH]c(nc3nc(nc4c5c(OCCCC)c6ncccc6c(OCCCC)c5c(n1)n4C)-c1c-3c(OCCCC)c3cc4ccccc4cc3c1OCCCC)c1c(OCCCC)c3ccccc3c(OCCCC)c21. The van der Waals surface area contributed by atoms with Gasteiger partial charge in [-0.1, -0.05) is 180 Å². The van der Waals surface area contributed by atoms with Gasteiger partial charge in [0.15, 0.2) is 29.0 Å². The van der Waals surface area contributed by atoms with Crippen LogP contribution >= 0.6 is 0 Å². The molecule has 522 valence electrons. The monoisotopic (exact) mass is 1360 g/mol. The molecule has 17 nitrogen and oxygen atoms in total. The number of H-pyrrole nitrogens is 1. The lowest BCUT2D eigenvalue weighted by Crippen LogP contribution is -2.04. The number of benzene rings is 8. The van der Waals surface area contributed by atoms with Gasteiger partial charge in [0.2, 0.25) is 0 Å². The van der Waals surface area contributed by atoms with Crippen LogP contribution in [0.1, 0.15) is 158 Å². The van der Waals surface area contributed by atoms with Gasteiger partial charge in [-0.2, -0.15) is 0 Å². The lowest BCUT2D eigenvalue weighted by molar-refractivity contribution is 0.308. The van der Waals surface area contributed by atoms with Crippen LogP contribution in [-0.2, 0) is 7.05 Å². The number of hydrogen-bond acceptors (Lipinski definition) is 15. The van der Waals surface area contributed by atoms with E-state index in [1.54, 1.807) is 0 Å². The molecule has 0 saturated carbocycles. The van der Waals surface area contributed by atoms with Gasteiger partial charge in [-0.25, -0.2) is 29.9 Å². The second kappa shape index (κ2) is 30.8. The summed E-state index contributed by atoms with van der Waals surface area (Å²) in [7, 11) is 2.00. The number of fused-ring (bicyclic) bond motifs is 25. The van der Waals surface area contributed by atoms with Crippen molar-refractivity contribution in [2.45, 2.75) is 158 Å². The molecule has 17 heteroatoms. The van der Waals surface area contributed by atoms with E-state index in [0.29, 0.717) is 194 Å². The molecule has 0 aliphatic carbocycles. The number of aromatic nitrogens is 9. The van der Waals surface area contributed by atoms with Crippen molar-refractivity contribution in [2.24, 2.45) is 7.05 Å². The molecule has 14 rings (SSSR count). The van der Waals surface area contributed by atoms with Crippen molar-refractivity contribution in [3.05, 3.63) is 103 Å². The Labute approximate surface area is 590 Å².